The Kier molecular flexibility index (Phi) is 8.13. The first-order valence-corrected chi connectivity index (χ1v) is 14.5. The second-order valence-corrected chi connectivity index (χ2v) is 11.6. The summed E-state index contributed by atoms with van der Waals surface area (Å²) in [6.07, 6.45) is 1.72. The van der Waals surface area contributed by atoms with Crippen molar-refractivity contribution < 1.29 is 19.1 Å². The number of halogens is 1. The van der Waals surface area contributed by atoms with Crippen LogP contribution in [0.5, 0.6) is 11.5 Å². The number of carbonyl (C=O) groups excluding carboxylic acids is 2. The van der Waals surface area contributed by atoms with Gasteiger partial charge in [0.15, 0.2) is 15.8 Å². The van der Waals surface area contributed by atoms with E-state index < -0.39 is 5.91 Å². The van der Waals surface area contributed by atoms with Crippen molar-refractivity contribution >= 4 is 84.2 Å². The van der Waals surface area contributed by atoms with Crippen LogP contribution in [0.1, 0.15) is 27.7 Å². The van der Waals surface area contributed by atoms with Crippen molar-refractivity contribution in [3.8, 4) is 11.5 Å². The molecule has 2 amide bonds. The van der Waals surface area contributed by atoms with Crippen LogP contribution in [0.3, 0.4) is 0 Å². The van der Waals surface area contributed by atoms with Crippen molar-refractivity contribution in [2.75, 3.05) is 6.61 Å². The maximum atomic E-state index is 13.0. The highest BCUT2D eigenvalue weighted by Crippen LogP contribution is 2.40. The molecule has 0 aliphatic carbocycles. The number of hydrazine groups is 1. The molecule has 5 rings (SSSR count). The van der Waals surface area contributed by atoms with Crippen LogP contribution >= 0.6 is 51.2 Å². The topological polar surface area (TPSA) is 67.9 Å². The maximum absolute atomic E-state index is 13.0. The van der Waals surface area contributed by atoms with Gasteiger partial charge in [-0.05, 0) is 86.6 Å². The normalized spacial score (nSPS) is 14.4. The van der Waals surface area contributed by atoms with Crippen LogP contribution in [0, 0.1) is 0 Å². The van der Waals surface area contributed by atoms with Gasteiger partial charge in [-0.1, -0.05) is 60.3 Å². The molecule has 0 radical (unpaired) electrons. The largest absolute Gasteiger partial charge is 0.490 e. The lowest BCUT2D eigenvalue weighted by molar-refractivity contribution is -0.123. The lowest BCUT2D eigenvalue weighted by Gasteiger charge is -2.16. The highest BCUT2D eigenvalue weighted by molar-refractivity contribution is 9.10. The molecule has 0 spiro atoms. The van der Waals surface area contributed by atoms with Gasteiger partial charge in [0.05, 0.1) is 20.9 Å². The Hall–Kier alpha value is -3.18. The first-order valence-electron chi connectivity index (χ1n) is 11.6. The lowest BCUT2D eigenvalue weighted by Crippen LogP contribution is -2.44. The number of hydrogen-bond acceptors (Lipinski definition) is 7. The second-order valence-electron chi connectivity index (χ2n) is 8.13. The van der Waals surface area contributed by atoms with Crippen LogP contribution in [0.2, 0.25) is 0 Å². The molecule has 0 atom stereocenters. The summed E-state index contributed by atoms with van der Waals surface area (Å²) in [6, 6.07) is 21.5. The fourth-order valence-electron chi connectivity index (χ4n) is 3.92. The lowest BCUT2D eigenvalue weighted by atomic mass is 10.1. The Bertz CT molecular complexity index is 1560. The van der Waals surface area contributed by atoms with Gasteiger partial charge in [0.2, 0.25) is 0 Å². The predicted octanol–water partition coefficient (Wildman–Crippen LogP) is 7.19. The highest BCUT2D eigenvalue weighted by atomic mass is 79.9. The molecule has 1 aliphatic heterocycles. The van der Waals surface area contributed by atoms with Crippen molar-refractivity contribution in [3.63, 3.8) is 0 Å². The van der Waals surface area contributed by atoms with Crippen molar-refractivity contribution in [1.29, 1.82) is 0 Å². The number of thioether (sulfide) groups is 1. The van der Waals surface area contributed by atoms with Crippen molar-refractivity contribution in [2.45, 2.75) is 13.5 Å². The first kappa shape index (κ1) is 26.4. The van der Waals surface area contributed by atoms with Gasteiger partial charge in [0, 0.05) is 0 Å². The smallest absolute Gasteiger partial charge is 0.285 e. The van der Waals surface area contributed by atoms with Gasteiger partial charge in [-0.25, -0.2) is 0 Å². The number of ether oxygens (including phenoxy) is 2. The fraction of sp³-hybridized carbons (Fsp3) is 0.107. The van der Waals surface area contributed by atoms with Gasteiger partial charge in [-0.3, -0.25) is 15.0 Å². The molecule has 1 aromatic heterocycles. The standard InChI is InChI=1S/C28H21BrN2O4S3/c1-2-34-22-14-17(15-24-27(33)31(28(36)38-24)30-26(32)23-11-6-12-37-23)13-21(29)25(22)35-16-19-9-5-8-18-7-3-4-10-20(18)19/h3-15H,2,16H2,1H3,(H,30,32)/b24-15+. The monoisotopic (exact) mass is 624 g/mol. The Morgan fingerprint density at radius 1 is 1.11 bits per heavy atom. The SMILES string of the molecule is CCOc1cc(/C=C2/SC(=S)N(NC(=O)c3cccs3)C2=O)cc(Br)c1OCc1cccc2ccccc12. The third-order valence-corrected chi connectivity index (χ3v) is 8.39. The minimum Gasteiger partial charge on any atom is -0.490 e. The molecule has 0 bridgehead atoms. The molecule has 0 saturated carbocycles. The van der Waals surface area contributed by atoms with E-state index in [1.807, 2.05) is 43.3 Å². The van der Waals surface area contributed by atoms with Crippen molar-refractivity contribution in [2.24, 2.45) is 0 Å². The fourth-order valence-corrected chi connectivity index (χ4v) is 6.29. The third kappa shape index (κ3) is 5.63. The Labute approximate surface area is 241 Å². The number of thiocarbonyl (C=S) groups is 1. The van der Waals surface area contributed by atoms with Gasteiger partial charge in [0.1, 0.15) is 6.61 Å². The number of carbonyl (C=O) groups is 2. The molecular weight excluding hydrogens is 604 g/mol. The zero-order valence-corrected chi connectivity index (χ0v) is 24.1. The molecule has 1 N–H and O–H groups in total. The molecule has 38 heavy (non-hydrogen) atoms. The summed E-state index contributed by atoms with van der Waals surface area (Å²) in [5.74, 6) is 0.351. The third-order valence-electron chi connectivity index (χ3n) is 5.63. The average Bonchev–Trinajstić information content (AvgIpc) is 3.54. The van der Waals surface area contributed by atoms with Gasteiger partial charge in [0.25, 0.3) is 11.8 Å². The molecule has 6 nitrogen and oxygen atoms in total. The van der Waals surface area contributed by atoms with Crippen molar-refractivity contribution in [3.05, 3.63) is 97.5 Å². The Balaban J connectivity index is 1.37. The molecule has 1 saturated heterocycles. The summed E-state index contributed by atoms with van der Waals surface area (Å²) in [7, 11) is 0. The van der Waals surface area contributed by atoms with Gasteiger partial charge < -0.3 is 9.47 Å². The van der Waals surface area contributed by atoms with Crippen LogP contribution < -0.4 is 14.9 Å². The summed E-state index contributed by atoms with van der Waals surface area (Å²) in [6.45, 7) is 2.70. The number of nitrogens with one attached hydrogen (secondary N) is 1. The molecule has 1 fully saturated rings. The molecule has 3 aromatic carbocycles. The number of benzene rings is 3. The summed E-state index contributed by atoms with van der Waals surface area (Å²) >= 11 is 11.4. The molecule has 192 valence electrons. The minimum atomic E-state index is -0.393. The van der Waals surface area contributed by atoms with E-state index in [9.17, 15) is 9.59 Å². The first-order chi connectivity index (χ1) is 18.4. The zero-order valence-electron chi connectivity index (χ0n) is 20.1. The Morgan fingerprint density at radius 3 is 2.71 bits per heavy atom. The molecule has 4 aromatic rings. The minimum absolute atomic E-state index is 0.255. The number of fused-ring (bicyclic) bond motifs is 1. The predicted molar refractivity (Wildman–Crippen MR) is 160 cm³/mol. The quantitative estimate of drug-likeness (QED) is 0.165. The Morgan fingerprint density at radius 2 is 1.92 bits per heavy atom. The molecular formula is C28H21BrN2O4S3. The van der Waals surface area contributed by atoms with E-state index in [4.69, 9.17) is 21.7 Å². The van der Waals surface area contributed by atoms with E-state index in [1.165, 1.54) is 11.3 Å². The van der Waals surface area contributed by atoms with E-state index in [0.29, 0.717) is 39.0 Å². The van der Waals surface area contributed by atoms with Gasteiger partial charge >= 0.3 is 0 Å². The molecule has 10 heteroatoms. The van der Waals surface area contributed by atoms with Gasteiger partial charge in [-0.15, -0.1) is 11.3 Å². The van der Waals surface area contributed by atoms with Crippen LogP contribution in [0.25, 0.3) is 16.8 Å². The van der Waals surface area contributed by atoms with Crippen LogP contribution in [0.15, 0.2) is 81.5 Å². The number of thiophene rings is 1. The number of hydrogen-bond donors (Lipinski definition) is 1. The van der Waals surface area contributed by atoms with Crippen LogP contribution in [-0.2, 0) is 11.4 Å². The molecule has 1 aliphatic rings. The average molecular weight is 626 g/mol. The number of rotatable bonds is 8. The van der Waals surface area contributed by atoms with E-state index in [2.05, 4.69) is 39.6 Å². The van der Waals surface area contributed by atoms with E-state index in [-0.39, 0.29) is 10.2 Å². The van der Waals surface area contributed by atoms with Crippen LogP contribution in [0.4, 0.5) is 0 Å². The summed E-state index contributed by atoms with van der Waals surface area (Å²) < 4.78 is 13.1. The van der Waals surface area contributed by atoms with Crippen molar-refractivity contribution in [1.82, 2.24) is 10.4 Å². The molecule has 2 heterocycles. The number of amides is 2. The van der Waals surface area contributed by atoms with Crippen LogP contribution in [-0.4, -0.2) is 27.8 Å². The maximum Gasteiger partial charge on any atom is 0.285 e. The van der Waals surface area contributed by atoms with Gasteiger partial charge in [-0.2, -0.15) is 5.01 Å². The summed E-state index contributed by atoms with van der Waals surface area (Å²) in [5.41, 5.74) is 4.38. The number of nitrogens with zero attached hydrogens (tertiary/aromatic N) is 1. The highest BCUT2D eigenvalue weighted by Gasteiger charge is 2.34. The second kappa shape index (κ2) is 11.7. The molecule has 0 unspecified atom stereocenters. The van der Waals surface area contributed by atoms with E-state index in [1.54, 1.807) is 23.6 Å². The zero-order chi connectivity index (χ0) is 26.6. The van der Waals surface area contributed by atoms with E-state index >= 15 is 0 Å². The summed E-state index contributed by atoms with van der Waals surface area (Å²) in [4.78, 5) is 26.3. The summed E-state index contributed by atoms with van der Waals surface area (Å²) in [5, 5.41) is 5.18. The van der Waals surface area contributed by atoms with E-state index in [0.717, 1.165) is 38.7 Å².